The van der Waals surface area contributed by atoms with Crippen LogP contribution < -0.4 is 5.32 Å². The second kappa shape index (κ2) is 10.2. The fourth-order valence-corrected chi connectivity index (χ4v) is 3.04. The van der Waals surface area contributed by atoms with E-state index in [1.807, 2.05) is 20.8 Å². The standard InChI is InChI=1S/C20H20ClFN4O.C2H6/c1-12-14-10-16(21)15(13-6-4-5-7-17(13)22)11-18(14)25-20(24-12)23-9-8-19(27)26(2)3;1-2/h4-7,10-11H,8-9H2,1-3H3,(H,23,24,25);1-2H3. The highest BCUT2D eigenvalue weighted by Gasteiger charge is 2.13. The number of aryl methyl sites for hydroxylation is 1. The van der Waals surface area contributed by atoms with E-state index in [9.17, 15) is 9.18 Å². The Morgan fingerprint density at radius 3 is 2.48 bits per heavy atom. The highest BCUT2D eigenvalue weighted by molar-refractivity contribution is 6.34. The van der Waals surface area contributed by atoms with Crippen molar-refractivity contribution >= 4 is 34.4 Å². The third kappa shape index (κ3) is 5.41. The molecule has 0 aliphatic carbocycles. The first kappa shape index (κ1) is 22.6. The van der Waals surface area contributed by atoms with Crippen molar-refractivity contribution in [2.24, 2.45) is 0 Å². The molecule has 1 N–H and O–H groups in total. The molecule has 1 heterocycles. The molecule has 3 aromatic rings. The van der Waals surface area contributed by atoms with Crippen LogP contribution in [0.15, 0.2) is 36.4 Å². The van der Waals surface area contributed by atoms with Gasteiger partial charge in [-0.25, -0.2) is 14.4 Å². The second-order valence-electron chi connectivity index (χ2n) is 6.43. The van der Waals surface area contributed by atoms with Gasteiger partial charge in [0.2, 0.25) is 11.9 Å². The van der Waals surface area contributed by atoms with Gasteiger partial charge < -0.3 is 10.2 Å². The molecule has 0 saturated heterocycles. The Kier molecular flexibility index (Phi) is 7.91. The van der Waals surface area contributed by atoms with Gasteiger partial charge in [-0.2, -0.15) is 0 Å². The first-order chi connectivity index (χ1) is 13.9. The van der Waals surface area contributed by atoms with Gasteiger partial charge in [-0.15, -0.1) is 0 Å². The summed E-state index contributed by atoms with van der Waals surface area (Å²) < 4.78 is 14.2. The number of anilines is 1. The zero-order valence-corrected chi connectivity index (χ0v) is 18.1. The zero-order chi connectivity index (χ0) is 21.6. The van der Waals surface area contributed by atoms with Crippen LogP contribution in [-0.4, -0.2) is 41.4 Å². The molecule has 0 radical (unpaired) electrons. The van der Waals surface area contributed by atoms with Crippen molar-refractivity contribution in [1.29, 1.82) is 0 Å². The summed E-state index contributed by atoms with van der Waals surface area (Å²) in [4.78, 5) is 22.1. The van der Waals surface area contributed by atoms with Gasteiger partial charge in [0.05, 0.1) is 11.2 Å². The molecular formula is C22H26ClFN4O. The molecule has 0 saturated carbocycles. The van der Waals surface area contributed by atoms with Gasteiger partial charge in [0.1, 0.15) is 5.82 Å². The largest absolute Gasteiger partial charge is 0.354 e. The summed E-state index contributed by atoms with van der Waals surface area (Å²) in [5.74, 6) is 0.104. The number of hydrogen-bond donors (Lipinski definition) is 1. The molecule has 0 aliphatic heterocycles. The Hall–Kier alpha value is -2.73. The molecule has 0 spiro atoms. The summed E-state index contributed by atoms with van der Waals surface area (Å²) in [5, 5.41) is 4.31. The van der Waals surface area contributed by atoms with E-state index in [4.69, 9.17) is 11.6 Å². The second-order valence-corrected chi connectivity index (χ2v) is 6.83. The van der Waals surface area contributed by atoms with Gasteiger partial charge >= 0.3 is 0 Å². The van der Waals surface area contributed by atoms with E-state index < -0.39 is 0 Å². The van der Waals surface area contributed by atoms with Gasteiger partial charge in [-0.05, 0) is 25.1 Å². The molecule has 0 unspecified atom stereocenters. The predicted octanol–water partition coefficient (Wildman–Crippen LogP) is 5.31. The lowest BCUT2D eigenvalue weighted by Gasteiger charge is -2.12. The van der Waals surface area contributed by atoms with Crippen molar-refractivity contribution in [3.05, 3.63) is 52.9 Å². The Bertz CT molecular complexity index is 1010. The minimum atomic E-state index is -0.343. The average Bonchev–Trinajstić information content (AvgIpc) is 2.70. The number of carbonyl (C=O) groups excluding carboxylic acids is 1. The van der Waals surface area contributed by atoms with E-state index >= 15 is 0 Å². The molecule has 154 valence electrons. The quantitative estimate of drug-likeness (QED) is 0.612. The topological polar surface area (TPSA) is 58.1 Å². The molecular weight excluding hydrogens is 391 g/mol. The van der Waals surface area contributed by atoms with Gasteiger partial charge in [-0.1, -0.05) is 43.6 Å². The van der Waals surface area contributed by atoms with Crippen LogP contribution in [-0.2, 0) is 4.79 Å². The number of amides is 1. The zero-order valence-electron chi connectivity index (χ0n) is 17.4. The summed E-state index contributed by atoms with van der Waals surface area (Å²) in [6, 6.07) is 10.0. The number of aromatic nitrogens is 2. The van der Waals surface area contributed by atoms with Gasteiger partial charge in [0.15, 0.2) is 0 Å². The van der Waals surface area contributed by atoms with Crippen molar-refractivity contribution in [2.75, 3.05) is 26.0 Å². The fourth-order valence-electron chi connectivity index (χ4n) is 2.77. The predicted molar refractivity (Wildman–Crippen MR) is 118 cm³/mol. The molecule has 2 aromatic carbocycles. The van der Waals surface area contributed by atoms with Crippen molar-refractivity contribution in [3.8, 4) is 11.1 Å². The molecule has 1 aromatic heterocycles. The minimum absolute atomic E-state index is 0.0219. The number of carbonyl (C=O) groups is 1. The summed E-state index contributed by atoms with van der Waals surface area (Å²) in [6.45, 7) is 6.29. The molecule has 3 rings (SSSR count). The normalized spacial score (nSPS) is 10.3. The summed E-state index contributed by atoms with van der Waals surface area (Å²) >= 11 is 6.39. The van der Waals surface area contributed by atoms with E-state index in [1.54, 1.807) is 44.4 Å². The lowest BCUT2D eigenvalue weighted by molar-refractivity contribution is -0.128. The van der Waals surface area contributed by atoms with Crippen molar-refractivity contribution in [1.82, 2.24) is 14.9 Å². The third-order valence-corrected chi connectivity index (χ3v) is 4.57. The fraction of sp³-hybridized carbons (Fsp3) is 0.318. The van der Waals surface area contributed by atoms with E-state index in [2.05, 4.69) is 15.3 Å². The number of rotatable bonds is 5. The minimum Gasteiger partial charge on any atom is -0.354 e. The monoisotopic (exact) mass is 416 g/mol. The highest BCUT2D eigenvalue weighted by Crippen LogP contribution is 2.34. The number of hydrogen-bond acceptors (Lipinski definition) is 4. The lowest BCUT2D eigenvalue weighted by Crippen LogP contribution is -2.24. The highest BCUT2D eigenvalue weighted by atomic mass is 35.5. The molecule has 0 atom stereocenters. The van der Waals surface area contributed by atoms with Crippen LogP contribution in [0.5, 0.6) is 0 Å². The molecule has 0 aliphatic rings. The van der Waals surface area contributed by atoms with Crippen LogP contribution in [0.25, 0.3) is 22.0 Å². The van der Waals surface area contributed by atoms with Gasteiger partial charge in [0.25, 0.3) is 0 Å². The van der Waals surface area contributed by atoms with E-state index in [0.29, 0.717) is 40.6 Å². The molecule has 7 heteroatoms. The number of nitrogens with zero attached hydrogens (tertiary/aromatic N) is 3. The molecule has 0 bridgehead atoms. The van der Waals surface area contributed by atoms with Crippen LogP contribution in [0, 0.1) is 12.7 Å². The maximum atomic E-state index is 14.2. The van der Waals surface area contributed by atoms with Crippen LogP contribution in [0.3, 0.4) is 0 Å². The maximum absolute atomic E-state index is 14.2. The summed E-state index contributed by atoms with van der Waals surface area (Å²) in [6.07, 6.45) is 0.342. The van der Waals surface area contributed by atoms with E-state index in [-0.39, 0.29) is 11.7 Å². The van der Waals surface area contributed by atoms with Gasteiger partial charge in [0, 0.05) is 48.6 Å². The van der Waals surface area contributed by atoms with Crippen LogP contribution >= 0.6 is 11.6 Å². The van der Waals surface area contributed by atoms with Crippen molar-refractivity contribution in [3.63, 3.8) is 0 Å². The van der Waals surface area contributed by atoms with Crippen molar-refractivity contribution < 1.29 is 9.18 Å². The Morgan fingerprint density at radius 2 is 1.83 bits per heavy atom. The first-order valence-electron chi connectivity index (χ1n) is 9.53. The average molecular weight is 417 g/mol. The molecule has 1 amide bonds. The Labute approximate surface area is 175 Å². The third-order valence-electron chi connectivity index (χ3n) is 4.26. The van der Waals surface area contributed by atoms with Crippen molar-refractivity contribution in [2.45, 2.75) is 27.2 Å². The smallest absolute Gasteiger partial charge is 0.223 e. The number of halogens is 2. The SMILES string of the molecule is CC.Cc1nc(NCCC(=O)N(C)C)nc2cc(-c3ccccc3F)c(Cl)cc12. The van der Waals surface area contributed by atoms with Crippen LogP contribution in [0.1, 0.15) is 26.0 Å². The van der Waals surface area contributed by atoms with E-state index in [1.165, 1.54) is 11.0 Å². The van der Waals surface area contributed by atoms with Crippen LogP contribution in [0.4, 0.5) is 10.3 Å². The number of benzene rings is 2. The first-order valence-corrected chi connectivity index (χ1v) is 9.91. The van der Waals surface area contributed by atoms with Crippen LogP contribution in [0.2, 0.25) is 5.02 Å². The molecule has 0 fully saturated rings. The lowest BCUT2D eigenvalue weighted by atomic mass is 10.0. The summed E-state index contributed by atoms with van der Waals surface area (Å²) in [5.41, 5.74) is 2.41. The number of nitrogens with one attached hydrogen (secondary N) is 1. The molecule has 5 nitrogen and oxygen atoms in total. The Morgan fingerprint density at radius 1 is 1.14 bits per heavy atom. The summed E-state index contributed by atoms with van der Waals surface area (Å²) in [7, 11) is 3.43. The van der Waals surface area contributed by atoms with Gasteiger partial charge in [-0.3, -0.25) is 4.79 Å². The number of fused-ring (bicyclic) bond motifs is 1. The molecule has 29 heavy (non-hydrogen) atoms. The van der Waals surface area contributed by atoms with E-state index in [0.717, 1.165) is 11.1 Å². The Balaban J connectivity index is 0.00000145. The maximum Gasteiger partial charge on any atom is 0.223 e.